The number of methoxy groups -OCH3 is 1. The van der Waals surface area contributed by atoms with Gasteiger partial charge in [-0.05, 0) is 18.2 Å². The summed E-state index contributed by atoms with van der Waals surface area (Å²) in [5.74, 6) is -0.955. The average molecular weight is 512 g/mol. The monoisotopic (exact) mass is 511 g/mol. The van der Waals surface area contributed by atoms with Crippen molar-refractivity contribution < 1.29 is 19.1 Å². The van der Waals surface area contributed by atoms with Crippen LogP contribution in [0.5, 0.6) is 5.75 Å². The van der Waals surface area contributed by atoms with Crippen LogP contribution in [0.15, 0.2) is 64.4 Å². The van der Waals surface area contributed by atoms with Crippen LogP contribution in [0, 0.1) is 0 Å². The molecule has 0 fully saturated rings. The lowest BCUT2D eigenvalue weighted by Gasteiger charge is -2.18. The lowest BCUT2D eigenvalue weighted by atomic mass is 10.1. The van der Waals surface area contributed by atoms with Gasteiger partial charge < -0.3 is 19.4 Å². The first-order chi connectivity index (χ1) is 17.2. The van der Waals surface area contributed by atoms with Gasteiger partial charge in [0.15, 0.2) is 11.2 Å². The molecule has 2 aromatic heterocycles. The lowest BCUT2D eigenvalue weighted by Crippen LogP contribution is -2.37. The minimum absolute atomic E-state index is 0.0603. The van der Waals surface area contributed by atoms with Crippen molar-refractivity contribution in [2.75, 3.05) is 12.4 Å². The second-order valence-corrected chi connectivity index (χ2v) is 8.28. The number of aromatic nitrogens is 4. The number of hydrogen-bond acceptors (Lipinski definition) is 7. The molecule has 2 heterocycles. The zero-order valence-corrected chi connectivity index (χ0v) is 20.4. The van der Waals surface area contributed by atoms with E-state index in [0.29, 0.717) is 22.0 Å². The summed E-state index contributed by atoms with van der Waals surface area (Å²) in [5, 5.41) is 2.99. The van der Waals surface area contributed by atoms with Gasteiger partial charge in [-0.2, -0.15) is 0 Å². The van der Waals surface area contributed by atoms with Crippen LogP contribution in [0.3, 0.4) is 0 Å². The summed E-state index contributed by atoms with van der Waals surface area (Å²) in [6, 6.07) is 13.2. The van der Waals surface area contributed by atoms with Crippen molar-refractivity contribution in [3.8, 4) is 5.75 Å². The quantitative estimate of drug-likeness (QED) is 0.376. The lowest BCUT2D eigenvalue weighted by molar-refractivity contribution is -0.155. The summed E-state index contributed by atoms with van der Waals surface area (Å²) < 4.78 is 14.1. The van der Waals surface area contributed by atoms with Crippen molar-refractivity contribution in [2.24, 2.45) is 14.1 Å². The van der Waals surface area contributed by atoms with E-state index in [9.17, 15) is 19.2 Å². The normalized spacial score (nSPS) is 11.8. The number of esters is 1. The molecular weight excluding hydrogens is 490 g/mol. The van der Waals surface area contributed by atoms with E-state index in [2.05, 4.69) is 10.3 Å². The molecule has 1 amide bonds. The first-order valence-corrected chi connectivity index (χ1v) is 11.1. The van der Waals surface area contributed by atoms with Crippen LogP contribution in [-0.2, 0) is 35.0 Å². The summed E-state index contributed by atoms with van der Waals surface area (Å²) in [6.07, 6.45) is -0.0227. The average Bonchev–Trinajstić information content (AvgIpc) is 3.28. The smallest absolute Gasteiger partial charge is 0.332 e. The van der Waals surface area contributed by atoms with E-state index in [4.69, 9.17) is 21.1 Å². The van der Waals surface area contributed by atoms with Crippen molar-refractivity contribution in [1.29, 1.82) is 0 Å². The molecular formula is C24H22ClN5O6. The molecule has 2 aromatic carbocycles. The number of benzene rings is 2. The second-order valence-electron chi connectivity index (χ2n) is 7.87. The van der Waals surface area contributed by atoms with Gasteiger partial charge in [0.2, 0.25) is 6.10 Å². The van der Waals surface area contributed by atoms with Crippen LogP contribution in [0.25, 0.3) is 11.2 Å². The van der Waals surface area contributed by atoms with Crippen molar-refractivity contribution in [3.63, 3.8) is 0 Å². The number of anilines is 1. The van der Waals surface area contributed by atoms with E-state index in [1.165, 1.54) is 42.7 Å². The Bertz CT molecular complexity index is 1570. The Morgan fingerprint density at radius 1 is 1.08 bits per heavy atom. The van der Waals surface area contributed by atoms with Crippen molar-refractivity contribution >= 4 is 40.3 Å². The van der Waals surface area contributed by atoms with Crippen molar-refractivity contribution in [1.82, 2.24) is 18.7 Å². The molecule has 0 bridgehead atoms. The van der Waals surface area contributed by atoms with Crippen LogP contribution >= 0.6 is 11.6 Å². The highest BCUT2D eigenvalue weighted by Gasteiger charge is 2.26. The van der Waals surface area contributed by atoms with Crippen LogP contribution in [-0.4, -0.2) is 37.7 Å². The molecule has 1 N–H and O–H groups in total. The largest absolute Gasteiger partial charge is 0.495 e. The summed E-state index contributed by atoms with van der Waals surface area (Å²) in [5.41, 5.74) is -0.133. The molecule has 4 rings (SSSR count). The number of aryl methyl sites for hydroxylation is 1. The molecule has 0 unspecified atom stereocenters. The number of nitrogens with one attached hydrogen (secondary N) is 1. The van der Waals surface area contributed by atoms with E-state index >= 15 is 0 Å². The fraction of sp³-hybridized carbons (Fsp3) is 0.208. The summed E-state index contributed by atoms with van der Waals surface area (Å²) >= 11 is 6.15. The van der Waals surface area contributed by atoms with Gasteiger partial charge in [-0.25, -0.2) is 9.78 Å². The van der Waals surface area contributed by atoms with Gasteiger partial charge >= 0.3 is 11.7 Å². The number of fused-ring (bicyclic) bond motifs is 1. The SMILES string of the molecule is COc1ccc(NC(=O)[C@@H](OC(=O)Cn2cnc3c2c(=O)n(C)c(=O)n3C)c2ccccc2)cc1Cl. The molecule has 11 nitrogen and oxygen atoms in total. The Labute approximate surface area is 209 Å². The van der Waals surface area contributed by atoms with Gasteiger partial charge in [0.05, 0.1) is 18.5 Å². The molecule has 1 atom stereocenters. The van der Waals surface area contributed by atoms with E-state index < -0.39 is 35.8 Å². The Morgan fingerprint density at radius 3 is 2.47 bits per heavy atom. The number of rotatable bonds is 7. The molecule has 12 heteroatoms. The Morgan fingerprint density at radius 2 is 1.81 bits per heavy atom. The number of carbonyl (C=O) groups excluding carboxylic acids is 2. The Hall–Kier alpha value is -4.38. The number of hydrogen-bond donors (Lipinski definition) is 1. The zero-order valence-electron chi connectivity index (χ0n) is 19.6. The minimum atomic E-state index is -1.29. The third kappa shape index (κ3) is 4.73. The number of halogens is 1. The van der Waals surface area contributed by atoms with E-state index in [1.807, 2.05) is 0 Å². The van der Waals surface area contributed by atoms with Gasteiger partial charge in [0, 0.05) is 25.3 Å². The maximum atomic E-state index is 13.1. The van der Waals surface area contributed by atoms with Crippen LogP contribution in [0.4, 0.5) is 5.69 Å². The van der Waals surface area contributed by atoms with Crippen LogP contribution in [0.2, 0.25) is 5.02 Å². The molecule has 0 aliphatic heterocycles. The van der Waals surface area contributed by atoms with Crippen LogP contribution < -0.4 is 21.3 Å². The van der Waals surface area contributed by atoms with Crippen LogP contribution in [0.1, 0.15) is 11.7 Å². The first kappa shape index (κ1) is 24.7. The molecule has 0 saturated heterocycles. The van der Waals surface area contributed by atoms with Gasteiger partial charge in [0.25, 0.3) is 11.5 Å². The fourth-order valence-corrected chi connectivity index (χ4v) is 3.94. The van der Waals surface area contributed by atoms with E-state index in [0.717, 1.165) is 4.57 Å². The number of ether oxygens (including phenoxy) is 2. The number of amides is 1. The van der Waals surface area contributed by atoms with Gasteiger partial charge in [-0.3, -0.25) is 23.5 Å². The minimum Gasteiger partial charge on any atom is -0.495 e. The molecule has 0 saturated carbocycles. The predicted octanol–water partition coefficient (Wildman–Crippen LogP) is 2.02. The van der Waals surface area contributed by atoms with Gasteiger partial charge in [-0.15, -0.1) is 0 Å². The number of carbonyl (C=O) groups is 2. The van der Waals surface area contributed by atoms with Crippen molar-refractivity contribution in [2.45, 2.75) is 12.6 Å². The molecule has 4 aromatic rings. The van der Waals surface area contributed by atoms with Gasteiger partial charge in [0.1, 0.15) is 12.3 Å². The Balaban J connectivity index is 1.60. The predicted molar refractivity (Wildman–Crippen MR) is 132 cm³/mol. The highest BCUT2D eigenvalue weighted by Crippen LogP contribution is 2.28. The number of imidazole rings is 1. The highest BCUT2D eigenvalue weighted by atomic mass is 35.5. The third-order valence-corrected chi connectivity index (χ3v) is 5.82. The summed E-state index contributed by atoms with van der Waals surface area (Å²) in [7, 11) is 4.28. The molecule has 0 aliphatic rings. The van der Waals surface area contributed by atoms with E-state index in [-0.39, 0.29) is 11.2 Å². The summed E-state index contributed by atoms with van der Waals surface area (Å²) in [6.45, 7) is -0.408. The molecule has 0 aliphatic carbocycles. The zero-order chi connectivity index (χ0) is 26.0. The topological polar surface area (TPSA) is 126 Å². The molecule has 36 heavy (non-hydrogen) atoms. The van der Waals surface area contributed by atoms with Gasteiger partial charge in [-0.1, -0.05) is 41.9 Å². The second kappa shape index (κ2) is 10.1. The highest BCUT2D eigenvalue weighted by molar-refractivity contribution is 6.32. The molecule has 186 valence electrons. The first-order valence-electron chi connectivity index (χ1n) is 10.7. The molecule has 0 radical (unpaired) electrons. The molecule has 0 spiro atoms. The third-order valence-electron chi connectivity index (χ3n) is 5.53. The number of nitrogens with zero attached hydrogens (tertiary/aromatic N) is 4. The van der Waals surface area contributed by atoms with E-state index in [1.54, 1.807) is 42.5 Å². The maximum absolute atomic E-state index is 13.1. The summed E-state index contributed by atoms with van der Waals surface area (Å²) in [4.78, 5) is 54.9. The fourth-order valence-electron chi connectivity index (χ4n) is 3.68. The Kier molecular flexibility index (Phi) is 6.93. The maximum Gasteiger partial charge on any atom is 0.332 e. The standard InChI is InChI=1S/C24H22ClN5O6/c1-28-21-19(23(33)29(2)24(28)34)30(13-26-21)12-18(31)36-20(14-7-5-4-6-8-14)22(32)27-15-9-10-17(35-3)16(25)11-15/h4-11,13,20H,12H2,1-3H3,(H,27,32)/t20-/m0/s1. The van der Waals surface area contributed by atoms with Crippen molar-refractivity contribution in [3.05, 3.63) is 86.3 Å².